The Hall–Kier alpha value is -2.96. The molecule has 1 aliphatic heterocycles. The van der Waals surface area contributed by atoms with Crippen LogP contribution in [-0.4, -0.2) is 17.5 Å². The van der Waals surface area contributed by atoms with E-state index in [9.17, 15) is 9.18 Å². The number of rotatable bonds is 4. The first-order valence-corrected chi connectivity index (χ1v) is 12.0. The van der Waals surface area contributed by atoms with Crippen LogP contribution in [0.15, 0.2) is 54.7 Å². The summed E-state index contributed by atoms with van der Waals surface area (Å²) in [6.07, 6.45) is 2.35. The zero-order valence-electron chi connectivity index (χ0n) is 18.2. The summed E-state index contributed by atoms with van der Waals surface area (Å²) in [5.74, 6) is 0.179. The lowest BCUT2D eigenvalue weighted by Crippen LogP contribution is -2.32. The van der Waals surface area contributed by atoms with Gasteiger partial charge < -0.3 is 10.1 Å². The molecule has 0 saturated heterocycles. The molecule has 1 atom stereocenters. The topological polar surface area (TPSA) is 51.2 Å². The Kier molecular flexibility index (Phi) is 5.81. The number of benzene rings is 2. The van der Waals surface area contributed by atoms with Gasteiger partial charge in [-0.25, -0.2) is 4.39 Å². The fourth-order valence-electron chi connectivity index (χ4n) is 4.33. The van der Waals surface area contributed by atoms with Crippen LogP contribution >= 0.6 is 22.9 Å². The molecule has 4 nitrogen and oxygen atoms in total. The molecule has 168 valence electrons. The van der Waals surface area contributed by atoms with Gasteiger partial charge in [-0.15, -0.1) is 11.3 Å². The molecule has 33 heavy (non-hydrogen) atoms. The number of amides is 1. The van der Waals surface area contributed by atoms with Crippen LogP contribution in [0, 0.1) is 5.82 Å². The van der Waals surface area contributed by atoms with Crippen molar-refractivity contribution in [3.8, 4) is 16.9 Å². The lowest BCUT2D eigenvalue weighted by Gasteiger charge is -2.26. The Balaban J connectivity index is 1.57. The molecule has 1 unspecified atom stereocenters. The number of carbonyl (C=O) groups excluding carboxylic acids is 1. The summed E-state index contributed by atoms with van der Waals surface area (Å²) in [4.78, 5) is 18.8. The Morgan fingerprint density at radius 2 is 2.09 bits per heavy atom. The molecular formula is C26H22ClFN2O2S. The van der Waals surface area contributed by atoms with Crippen LogP contribution in [0.25, 0.3) is 21.3 Å². The van der Waals surface area contributed by atoms with Gasteiger partial charge in [-0.1, -0.05) is 37.6 Å². The van der Waals surface area contributed by atoms with Gasteiger partial charge >= 0.3 is 0 Å². The number of thiophene rings is 1. The second-order valence-corrected chi connectivity index (χ2v) is 9.85. The summed E-state index contributed by atoms with van der Waals surface area (Å²) in [5, 5.41) is 3.77. The van der Waals surface area contributed by atoms with Crippen molar-refractivity contribution < 1.29 is 13.9 Å². The number of ether oxygens (including phenoxy) is 1. The monoisotopic (exact) mass is 480 g/mol. The summed E-state index contributed by atoms with van der Waals surface area (Å²) in [5.41, 5.74) is 4.39. The van der Waals surface area contributed by atoms with Gasteiger partial charge in [0.15, 0.2) is 0 Å². The lowest BCUT2D eigenvalue weighted by atomic mass is 9.98. The summed E-state index contributed by atoms with van der Waals surface area (Å²) in [7, 11) is 0. The second-order valence-electron chi connectivity index (χ2n) is 8.39. The summed E-state index contributed by atoms with van der Waals surface area (Å²) < 4.78 is 20.5. The summed E-state index contributed by atoms with van der Waals surface area (Å²) >= 11 is 7.67. The van der Waals surface area contributed by atoms with Crippen LogP contribution in [0.1, 0.15) is 53.0 Å². The largest absolute Gasteiger partial charge is 0.493 e. The highest BCUT2D eigenvalue weighted by Gasteiger charge is 2.28. The Morgan fingerprint density at radius 1 is 1.24 bits per heavy atom. The standard InChI is InChI=1S/C26H22ClFN2O2S/c1-14(2)22-23-24(18(8-10-29-23)15-4-3-5-16(27)12-15)33-25(22)26(31)30-20-9-11-32-21-7-6-17(28)13-19(20)21/h3-8,10,12-14,20H,9,11H2,1-2H3,(H,30,31). The molecule has 0 fully saturated rings. The Labute approximate surface area is 200 Å². The summed E-state index contributed by atoms with van der Waals surface area (Å²) in [6.45, 7) is 4.59. The molecule has 3 heterocycles. The van der Waals surface area contributed by atoms with Crippen LogP contribution in [0.3, 0.4) is 0 Å². The Bertz CT molecular complexity index is 1370. The SMILES string of the molecule is CC(C)c1c(C(=O)NC2CCOc3ccc(F)cc32)sc2c(-c3cccc(Cl)c3)ccnc12. The molecule has 1 N–H and O–H groups in total. The predicted octanol–water partition coefficient (Wildman–Crippen LogP) is 7.13. The average Bonchev–Trinajstić information content (AvgIpc) is 3.20. The van der Waals surface area contributed by atoms with E-state index in [-0.39, 0.29) is 23.7 Å². The van der Waals surface area contributed by atoms with E-state index in [1.54, 1.807) is 12.3 Å². The van der Waals surface area contributed by atoms with Gasteiger partial charge in [0.05, 0.1) is 27.7 Å². The van der Waals surface area contributed by atoms with Crippen LogP contribution in [0.2, 0.25) is 5.02 Å². The van der Waals surface area contributed by atoms with Crippen LogP contribution in [-0.2, 0) is 0 Å². The molecular weight excluding hydrogens is 459 g/mol. The lowest BCUT2D eigenvalue weighted by molar-refractivity contribution is 0.0927. The van der Waals surface area contributed by atoms with Gasteiger partial charge in [0, 0.05) is 34.3 Å². The van der Waals surface area contributed by atoms with Crippen molar-refractivity contribution in [1.82, 2.24) is 10.3 Å². The number of pyridine rings is 1. The highest BCUT2D eigenvalue weighted by molar-refractivity contribution is 7.21. The van der Waals surface area contributed by atoms with E-state index in [1.807, 2.05) is 30.3 Å². The molecule has 0 spiro atoms. The smallest absolute Gasteiger partial charge is 0.262 e. The molecule has 7 heteroatoms. The zero-order valence-corrected chi connectivity index (χ0v) is 19.8. The van der Waals surface area contributed by atoms with Gasteiger partial charge in [0.1, 0.15) is 11.6 Å². The zero-order chi connectivity index (χ0) is 23.1. The number of nitrogens with one attached hydrogen (secondary N) is 1. The molecule has 2 aromatic heterocycles. The van der Waals surface area contributed by atoms with Crippen LogP contribution < -0.4 is 10.1 Å². The van der Waals surface area contributed by atoms with Crippen LogP contribution in [0.4, 0.5) is 4.39 Å². The van der Waals surface area contributed by atoms with Crippen molar-refractivity contribution in [2.75, 3.05) is 6.61 Å². The number of hydrogen-bond acceptors (Lipinski definition) is 4. The molecule has 2 aromatic carbocycles. The molecule has 4 aromatic rings. The fraction of sp³-hybridized carbons (Fsp3) is 0.231. The van der Waals surface area contributed by atoms with E-state index >= 15 is 0 Å². The van der Waals surface area contributed by atoms with Gasteiger partial charge in [-0.2, -0.15) is 0 Å². The third-order valence-corrected chi connectivity index (χ3v) is 7.31. The van der Waals surface area contributed by atoms with Gasteiger partial charge in [-0.05, 0) is 47.9 Å². The number of fused-ring (bicyclic) bond motifs is 2. The maximum Gasteiger partial charge on any atom is 0.262 e. The molecule has 1 amide bonds. The molecule has 0 saturated carbocycles. The van der Waals surface area contributed by atoms with Crippen molar-refractivity contribution in [2.24, 2.45) is 0 Å². The van der Waals surface area contributed by atoms with E-state index < -0.39 is 0 Å². The number of carbonyl (C=O) groups is 1. The van der Waals surface area contributed by atoms with Gasteiger partial charge in [0.25, 0.3) is 5.91 Å². The van der Waals surface area contributed by atoms with E-state index in [2.05, 4.69) is 24.1 Å². The number of aromatic nitrogens is 1. The van der Waals surface area contributed by atoms with E-state index in [4.69, 9.17) is 16.3 Å². The minimum absolute atomic E-state index is 0.0982. The molecule has 0 aliphatic carbocycles. The highest BCUT2D eigenvalue weighted by Crippen LogP contribution is 2.41. The minimum atomic E-state index is -0.349. The minimum Gasteiger partial charge on any atom is -0.493 e. The van der Waals surface area contributed by atoms with Gasteiger partial charge in [0.2, 0.25) is 0 Å². The number of halogens is 2. The second kappa shape index (κ2) is 8.76. The first kappa shape index (κ1) is 21.9. The van der Waals surface area contributed by atoms with Crippen molar-refractivity contribution in [1.29, 1.82) is 0 Å². The van der Waals surface area contributed by atoms with Crippen molar-refractivity contribution >= 4 is 39.1 Å². The highest BCUT2D eigenvalue weighted by atomic mass is 35.5. The third kappa shape index (κ3) is 4.09. The van der Waals surface area contributed by atoms with Crippen molar-refractivity contribution in [3.05, 3.63) is 81.6 Å². The first-order chi connectivity index (χ1) is 15.9. The molecule has 5 rings (SSSR count). The Morgan fingerprint density at radius 3 is 2.88 bits per heavy atom. The molecule has 0 bridgehead atoms. The maximum atomic E-state index is 13.9. The fourth-order valence-corrected chi connectivity index (χ4v) is 5.88. The normalized spacial score (nSPS) is 15.4. The van der Waals surface area contributed by atoms with Crippen LogP contribution in [0.5, 0.6) is 5.75 Å². The average molecular weight is 481 g/mol. The molecule has 1 aliphatic rings. The first-order valence-electron chi connectivity index (χ1n) is 10.8. The number of nitrogens with zero attached hydrogens (tertiary/aromatic N) is 1. The summed E-state index contributed by atoms with van der Waals surface area (Å²) in [6, 6.07) is 13.7. The quantitative estimate of drug-likeness (QED) is 0.338. The van der Waals surface area contributed by atoms with E-state index in [1.165, 1.54) is 23.5 Å². The van der Waals surface area contributed by atoms with Crippen molar-refractivity contribution in [3.63, 3.8) is 0 Å². The predicted molar refractivity (Wildman–Crippen MR) is 131 cm³/mol. The number of hydrogen-bond donors (Lipinski definition) is 1. The van der Waals surface area contributed by atoms with Gasteiger partial charge in [-0.3, -0.25) is 9.78 Å². The van der Waals surface area contributed by atoms with Crippen molar-refractivity contribution in [2.45, 2.75) is 32.2 Å². The third-order valence-electron chi connectivity index (χ3n) is 5.84. The molecule has 0 radical (unpaired) electrons. The van der Waals surface area contributed by atoms with E-state index in [0.29, 0.717) is 34.2 Å². The van der Waals surface area contributed by atoms with E-state index in [0.717, 1.165) is 26.9 Å². The maximum absolute atomic E-state index is 13.9.